The van der Waals surface area contributed by atoms with Crippen molar-refractivity contribution in [2.24, 2.45) is 0 Å². The van der Waals surface area contributed by atoms with Crippen LogP contribution in [0.3, 0.4) is 0 Å². The maximum absolute atomic E-state index is 12.0. The van der Waals surface area contributed by atoms with Crippen molar-refractivity contribution in [1.82, 2.24) is 10.6 Å². The number of ether oxygens (including phenoxy) is 4. The molecule has 0 aromatic heterocycles. The molecule has 1 saturated heterocycles. The first kappa shape index (κ1) is 21.1. The molecule has 0 saturated carbocycles. The monoisotopic (exact) mass is 428 g/mol. The fourth-order valence-corrected chi connectivity index (χ4v) is 3.00. The predicted octanol–water partition coefficient (Wildman–Crippen LogP) is 2.21. The molecule has 2 N–H and O–H groups in total. The number of methoxy groups -OCH3 is 3. The van der Waals surface area contributed by atoms with Crippen LogP contribution in [0.5, 0.6) is 23.0 Å². The Balaban J connectivity index is 1.82. The summed E-state index contributed by atoms with van der Waals surface area (Å²) in [6, 6.07) is 10.5. The van der Waals surface area contributed by atoms with Crippen LogP contribution in [-0.4, -0.2) is 38.3 Å². The van der Waals surface area contributed by atoms with Crippen molar-refractivity contribution < 1.29 is 28.5 Å². The molecule has 1 aliphatic rings. The first-order valence-electron chi connectivity index (χ1n) is 8.85. The number of thiocarbonyl (C=S) groups is 1. The van der Waals surface area contributed by atoms with E-state index >= 15 is 0 Å². The molecular formula is C21H20N2O6S. The van der Waals surface area contributed by atoms with Crippen LogP contribution in [0.4, 0.5) is 0 Å². The van der Waals surface area contributed by atoms with Gasteiger partial charge in [-0.1, -0.05) is 6.07 Å². The minimum absolute atomic E-state index is 0.0172. The van der Waals surface area contributed by atoms with E-state index in [9.17, 15) is 9.59 Å². The van der Waals surface area contributed by atoms with Gasteiger partial charge in [0.05, 0.1) is 21.3 Å². The Hall–Kier alpha value is -3.59. The van der Waals surface area contributed by atoms with Crippen molar-refractivity contribution in [2.45, 2.75) is 6.61 Å². The average Bonchev–Trinajstić information content (AvgIpc) is 2.74. The van der Waals surface area contributed by atoms with E-state index in [0.717, 1.165) is 5.56 Å². The number of rotatable bonds is 7. The Bertz CT molecular complexity index is 1010. The zero-order valence-corrected chi connectivity index (χ0v) is 17.4. The minimum Gasteiger partial charge on any atom is -0.497 e. The van der Waals surface area contributed by atoms with Crippen molar-refractivity contribution in [3.63, 3.8) is 0 Å². The van der Waals surface area contributed by atoms with Crippen molar-refractivity contribution in [3.05, 3.63) is 53.1 Å². The summed E-state index contributed by atoms with van der Waals surface area (Å²) in [6.45, 7) is 0.222. The molecule has 1 fully saturated rings. The molecule has 0 bridgehead atoms. The highest BCUT2D eigenvalue weighted by atomic mass is 32.1. The lowest BCUT2D eigenvalue weighted by molar-refractivity contribution is -0.123. The van der Waals surface area contributed by atoms with Gasteiger partial charge < -0.3 is 18.9 Å². The summed E-state index contributed by atoms with van der Waals surface area (Å²) in [5.41, 5.74) is 1.34. The lowest BCUT2D eigenvalue weighted by Gasteiger charge is -2.17. The summed E-state index contributed by atoms with van der Waals surface area (Å²) < 4.78 is 21.9. The molecule has 0 spiro atoms. The second-order valence-electron chi connectivity index (χ2n) is 6.17. The summed E-state index contributed by atoms with van der Waals surface area (Å²) in [7, 11) is 4.67. The third-order valence-corrected chi connectivity index (χ3v) is 4.52. The Morgan fingerprint density at radius 2 is 1.53 bits per heavy atom. The van der Waals surface area contributed by atoms with E-state index in [-0.39, 0.29) is 17.3 Å². The maximum atomic E-state index is 12.0. The summed E-state index contributed by atoms with van der Waals surface area (Å²) in [4.78, 5) is 24.0. The second-order valence-corrected chi connectivity index (χ2v) is 6.58. The molecule has 1 heterocycles. The van der Waals surface area contributed by atoms with Crippen molar-refractivity contribution in [3.8, 4) is 23.0 Å². The van der Waals surface area contributed by atoms with E-state index < -0.39 is 11.8 Å². The molecule has 156 valence electrons. The van der Waals surface area contributed by atoms with E-state index in [0.29, 0.717) is 28.6 Å². The highest BCUT2D eigenvalue weighted by Crippen LogP contribution is 2.31. The van der Waals surface area contributed by atoms with Crippen LogP contribution in [0.15, 0.2) is 42.0 Å². The predicted molar refractivity (Wildman–Crippen MR) is 114 cm³/mol. The smallest absolute Gasteiger partial charge is 0.263 e. The highest BCUT2D eigenvalue weighted by Gasteiger charge is 2.25. The number of amides is 2. The number of nitrogens with one attached hydrogen (secondary N) is 2. The molecule has 2 aromatic rings. The molecule has 30 heavy (non-hydrogen) atoms. The minimum atomic E-state index is -0.562. The van der Waals surface area contributed by atoms with Crippen molar-refractivity contribution in [2.75, 3.05) is 21.3 Å². The lowest BCUT2D eigenvalue weighted by atomic mass is 10.1. The van der Waals surface area contributed by atoms with Gasteiger partial charge >= 0.3 is 0 Å². The molecule has 2 aromatic carbocycles. The SMILES string of the molecule is COc1ccc(OC)c(COc2ccc(C=C3C(=O)NC(=S)NC3=O)cc2OC)c1. The van der Waals surface area contributed by atoms with Gasteiger partial charge in [0.1, 0.15) is 23.7 Å². The van der Waals surface area contributed by atoms with Crippen LogP contribution in [-0.2, 0) is 16.2 Å². The summed E-state index contributed by atoms with van der Waals surface area (Å²) >= 11 is 4.79. The van der Waals surface area contributed by atoms with Gasteiger partial charge in [0.15, 0.2) is 16.6 Å². The highest BCUT2D eigenvalue weighted by molar-refractivity contribution is 7.80. The van der Waals surface area contributed by atoms with Crippen molar-refractivity contribution >= 4 is 35.2 Å². The summed E-state index contributed by atoms with van der Waals surface area (Å²) in [6.07, 6.45) is 1.45. The fourth-order valence-electron chi connectivity index (χ4n) is 2.82. The summed E-state index contributed by atoms with van der Waals surface area (Å²) in [5.74, 6) is 1.16. The van der Waals surface area contributed by atoms with Crippen LogP contribution in [0, 0.1) is 0 Å². The van der Waals surface area contributed by atoms with Gasteiger partial charge in [0.2, 0.25) is 0 Å². The van der Waals surface area contributed by atoms with Gasteiger partial charge in [-0.05, 0) is 54.2 Å². The van der Waals surface area contributed by atoms with Crippen molar-refractivity contribution in [1.29, 1.82) is 0 Å². The number of benzene rings is 2. The Morgan fingerprint density at radius 3 is 2.17 bits per heavy atom. The fraction of sp³-hybridized carbons (Fsp3) is 0.190. The molecule has 9 heteroatoms. The molecule has 0 atom stereocenters. The topological polar surface area (TPSA) is 95.1 Å². The second kappa shape index (κ2) is 9.27. The molecule has 0 unspecified atom stereocenters. The van der Waals surface area contributed by atoms with E-state index in [1.54, 1.807) is 44.6 Å². The van der Waals surface area contributed by atoms with Crippen LogP contribution < -0.4 is 29.6 Å². The molecule has 2 amide bonds. The van der Waals surface area contributed by atoms with Gasteiger partial charge in [-0.3, -0.25) is 20.2 Å². The quantitative estimate of drug-likeness (QED) is 0.397. The van der Waals surface area contributed by atoms with Crippen LogP contribution >= 0.6 is 12.2 Å². The molecule has 1 aliphatic heterocycles. The molecule has 8 nitrogen and oxygen atoms in total. The Morgan fingerprint density at radius 1 is 0.867 bits per heavy atom. The normalized spacial score (nSPS) is 13.3. The van der Waals surface area contributed by atoms with Crippen LogP contribution in [0.25, 0.3) is 6.08 Å². The van der Waals surface area contributed by atoms with Gasteiger partial charge in [0, 0.05) is 5.56 Å². The molecule has 0 aliphatic carbocycles. The standard InChI is InChI=1S/C21H20N2O6S/c1-26-14-5-7-16(27-2)13(10-14)11-29-17-6-4-12(9-18(17)28-3)8-15-19(24)22-21(30)23-20(15)25/h4-10H,11H2,1-3H3,(H2,22,23,24,25,30). The first-order chi connectivity index (χ1) is 14.4. The van der Waals surface area contributed by atoms with E-state index in [1.165, 1.54) is 13.2 Å². The van der Waals surface area contributed by atoms with E-state index in [4.69, 9.17) is 31.2 Å². The first-order valence-corrected chi connectivity index (χ1v) is 9.26. The number of carbonyl (C=O) groups excluding carboxylic acids is 2. The maximum Gasteiger partial charge on any atom is 0.263 e. The largest absolute Gasteiger partial charge is 0.497 e. The molecular weight excluding hydrogens is 408 g/mol. The zero-order valence-electron chi connectivity index (χ0n) is 16.6. The zero-order chi connectivity index (χ0) is 21.7. The third kappa shape index (κ3) is 4.69. The van der Waals surface area contributed by atoms with Crippen LogP contribution in [0.2, 0.25) is 0 Å². The lowest BCUT2D eigenvalue weighted by Crippen LogP contribution is -2.51. The van der Waals surface area contributed by atoms with E-state index in [2.05, 4.69) is 10.6 Å². The average molecular weight is 428 g/mol. The molecule has 0 radical (unpaired) electrons. The van der Waals surface area contributed by atoms with Crippen LogP contribution in [0.1, 0.15) is 11.1 Å². The summed E-state index contributed by atoms with van der Waals surface area (Å²) in [5, 5.41) is 4.77. The van der Waals surface area contributed by atoms with Gasteiger partial charge in [-0.25, -0.2) is 0 Å². The van der Waals surface area contributed by atoms with Gasteiger partial charge in [0.25, 0.3) is 11.8 Å². The number of hydrogen-bond acceptors (Lipinski definition) is 7. The number of hydrogen-bond donors (Lipinski definition) is 2. The van der Waals surface area contributed by atoms with Gasteiger partial charge in [-0.15, -0.1) is 0 Å². The third-order valence-electron chi connectivity index (χ3n) is 4.31. The number of carbonyl (C=O) groups is 2. The van der Waals surface area contributed by atoms with E-state index in [1.807, 2.05) is 6.07 Å². The molecule has 3 rings (SSSR count). The Labute approximate surface area is 178 Å². The van der Waals surface area contributed by atoms with Gasteiger partial charge in [-0.2, -0.15) is 0 Å². The Kier molecular flexibility index (Phi) is 6.53.